The van der Waals surface area contributed by atoms with Crippen molar-refractivity contribution in [1.82, 2.24) is 0 Å². The molecule has 0 heterocycles. The van der Waals surface area contributed by atoms with Crippen molar-refractivity contribution in [2.24, 2.45) is 0 Å². The quantitative estimate of drug-likeness (QED) is 0.862. The Bertz CT molecular complexity index is 833. The second kappa shape index (κ2) is 6.65. The number of nitrogens with one attached hydrogen (secondary N) is 1. The number of halogens is 1. The van der Waals surface area contributed by atoms with Gasteiger partial charge in [-0.05, 0) is 43.3 Å². The van der Waals surface area contributed by atoms with E-state index in [1.165, 1.54) is 30.5 Å². The molecule has 2 aromatic carbocycles. The van der Waals surface area contributed by atoms with E-state index < -0.39 is 9.84 Å². The Morgan fingerprint density at radius 1 is 1.14 bits per heavy atom. The monoisotopic (exact) mass is 332 g/mol. The Kier molecular flexibility index (Phi) is 4.86. The van der Waals surface area contributed by atoms with Gasteiger partial charge in [0.1, 0.15) is 6.07 Å². The van der Waals surface area contributed by atoms with Gasteiger partial charge < -0.3 is 5.32 Å². The highest BCUT2D eigenvalue weighted by atomic mass is 35.5. The van der Waals surface area contributed by atoms with E-state index in [9.17, 15) is 8.42 Å². The van der Waals surface area contributed by atoms with Crippen molar-refractivity contribution in [1.29, 1.82) is 5.26 Å². The van der Waals surface area contributed by atoms with Crippen LogP contribution in [0.3, 0.4) is 0 Å². The molecule has 4 nitrogen and oxygen atoms in total. The first-order valence-corrected chi connectivity index (χ1v) is 8.24. The first-order valence-electron chi connectivity index (χ1n) is 6.37. The summed E-state index contributed by atoms with van der Waals surface area (Å²) in [4.78, 5) is -0.342. The number of nitrogens with zero attached hydrogens (tertiary/aromatic N) is 1. The molecule has 0 atom stereocenters. The topological polar surface area (TPSA) is 70.0 Å². The predicted octanol–water partition coefficient (Wildman–Crippen LogP) is 3.90. The molecule has 0 saturated carbocycles. The predicted molar refractivity (Wildman–Crippen MR) is 87.1 cm³/mol. The van der Waals surface area contributed by atoms with E-state index in [4.69, 9.17) is 16.9 Å². The standard InChI is InChI=1S/C16H13ClN2O2S/c1-12-2-6-14(7-3-12)19-11-16(10-18)22(20,21)15-8-4-13(17)5-9-15/h2-9,11,19H,1H3/b16-11+. The zero-order chi connectivity index (χ0) is 16.2. The molecule has 0 unspecified atom stereocenters. The third-order valence-electron chi connectivity index (χ3n) is 2.95. The zero-order valence-electron chi connectivity index (χ0n) is 11.7. The molecule has 0 fully saturated rings. The SMILES string of the molecule is Cc1ccc(N/C=C(\C#N)S(=O)(=O)c2ccc(Cl)cc2)cc1. The van der Waals surface area contributed by atoms with Crippen molar-refractivity contribution in [3.05, 3.63) is 70.2 Å². The van der Waals surface area contributed by atoms with Crippen LogP contribution in [0.25, 0.3) is 0 Å². The van der Waals surface area contributed by atoms with Gasteiger partial charge in [-0.3, -0.25) is 0 Å². The fourth-order valence-electron chi connectivity index (χ4n) is 1.71. The van der Waals surface area contributed by atoms with E-state index in [0.717, 1.165) is 5.56 Å². The summed E-state index contributed by atoms with van der Waals surface area (Å²) in [6.07, 6.45) is 1.19. The maximum atomic E-state index is 12.4. The largest absolute Gasteiger partial charge is 0.360 e. The van der Waals surface area contributed by atoms with Crippen molar-refractivity contribution in [2.45, 2.75) is 11.8 Å². The Morgan fingerprint density at radius 3 is 2.27 bits per heavy atom. The Morgan fingerprint density at radius 2 is 1.73 bits per heavy atom. The van der Waals surface area contributed by atoms with Gasteiger partial charge in [0.25, 0.3) is 0 Å². The lowest BCUT2D eigenvalue weighted by Gasteiger charge is -2.05. The third kappa shape index (κ3) is 3.67. The second-order valence-electron chi connectivity index (χ2n) is 4.59. The smallest absolute Gasteiger partial charge is 0.218 e. The number of benzene rings is 2. The van der Waals surface area contributed by atoms with Crippen molar-refractivity contribution >= 4 is 27.1 Å². The fourth-order valence-corrected chi connectivity index (χ4v) is 2.92. The van der Waals surface area contributed by atoms with Gasteiger partial charge >= 0.3 is 0 Å². The molecule has 2 aromatic rings. The van der Waals surface area contributed by atoms with Crippen LogP contribution in [0.4, 0.5) is 5.69 Å². The summed E-state index contributed by atoms with van der Waals surface area (Å²) >= 11 is 5.74. The van der Waals surface area contributed by atoms with Crippen molar-refractivity contribution in [3.8, 4) is 6.07 Å². The first-order chi connectivity index (χ1) is 10.4. The highest BCUT2D eigenvalue weighted by Gasteiger charge is 2.20. The minimum atomic E-state index is -3.87. The summed E-state index contributed by atoms with van der Waals surface area (Å²) in [5, 5.41) is 12.4. The molecule has 0 spiro atoms. The molecular weight excluding hydrogens is 320 g/mol. The number of hydrogen-bond donors (Lipinski definition) is 1. The van der Waals surface area contributed by atoms with Crippen LogP contribution >= 0.6 is 11.6 Å². The van der Waals surface area contributed by atoms with Crippen LogP contribution < -0.4 is 5.32 Å². The molecular formula is C16H13ClN2O2S. The fraction of sp³-hybridized carbons (Fsp3) is 0.0625. The lowest BCUT2D eigenvalue weighted by Crippen LogP contribution is -2.05. The molecule has 112 valence electrons. The van der Waals surface area contributed by atoms with E-state index in [-0.39, 0.29) is 9.80 Å². The highest BCUT2D eigenvalue weighted by Crippen LogP contribution is 2.21. The molecule has 0 bridgehead atoms. The molecule has 0 aliphatic heterocycles. The van der Waals surface area contributed by atoms with E-state index in [0.29, 0.717) is 10.7 Å². The molecule has 0 radical (unpaired) electrons. The summed E-state index contributed by atoms with van der Waals surface area (Å²) in [5.41, 5.74) is 1.79. The average Bonchev–Trinajstić information content (AvgIpc) is 2.50. The van der Waals surface area contributed by atoms with Gasteiger partial charge in [0.2, 0.25) is 9.84 Å². The van der Waals surface area contributed by atoms with Crippen LogP contribution in [0, 0.1) is 18.3 Å². The highest BCUT2D eigenvalue weighted by molar-refractivity contribution is 7.95. The van der Waals surface area contributed by atoms with Crippen LogP contribution in [-0.2, 0) is 9.84 Å². The zero-order valence-corrected chi connectivity index (χ0v) is 13.3. The number of aryl methyl sites for hydroxylation is 1. The maximum Gasteiger partial charge on any atom is 0.218 e. The van der Waals surface area contributed by atoms with Crippen molar-refractivity contribution < 1.29 is 8.42 Å². The molecule has 1 N–H and O–H groups in total. The number of nitriles is 1. The first kappa shape index (κ1) is 16.1. The van der Waals surface area contributed by atoms with Gasteiger partial charge in [0.05, 0.1) is 4.90 Å². The normalized spacial score (nSPS) is 11.8. The van der Waals surface area contributed by atoms with Gasteiger partial charge in [-0.15, -0.1) is 0 Å². The molecule has 0 aliphatic carbocycles. The van der Waals surface area contributed by atoms with E-state index in [1.807, 2.05) is 19.1 Å². The number of anilines is 1. The average molecular weight is 333 g/mol. The molecule has 0 saturated heterocycles. The van der Waals surface area contributed by atoms with E-state index in [1.54, 1.807) is 18.2 Å². The number of sulfone groups is 1. The van der Waals surface area contributed by atoms with Crippen LogP contribution in [0.5, 0.6) is 0 Å². The number of hydrogen-bond acceptors (Lipinski definition) is 4. The summed E-state index contributed by atoms with van der Waals surface area (Å²) in [6.45, 7) is 1.95. The number of rotatable bonds is 4. The number of allylic oxidation sites excluding steroid dienone is 1. The molecule has 0 aromatic heterocycles. The van der Waals surface area contributed by atoms with Crippen LogP contribution in [0.15, 0.2) is 64.5 Å². The molecule has 0 amide bonds. The van der Waals surface area contributed by atoms with Gasteiger partial charge in [-0.1, -0.05) is 29.3 Å². The van der Waals surface area contributed by atoms with E-state index >= 15 is 0 Å². The van der Waals surface area contributed by atoms with Gasteiger partial charge in [0.15, 0.2) is 4.91 Å². The van der Waals surface area contributed by atoms with Gasteiger partial charge in [-0.25, -0.2) is 8.42 Å². The summed E-state index contributed by atoms with van der Waals surface area (Å²) < 4.78 is 24.8. The summed E-state index contributed by atoms with van der Waals surface area (Å²) in [5.74, 6) is 0. The molecule has 22 heavy (non-hydrogen) atoms. The molecule has 0 aliphatic rings. The third-order valence-corrected chi connectivity index (χ3v) is 4.88. The Hall–Kier alpha value is -2.29. The molecule has 2 rings (SSSR count). The van der Waals surface area contributed by atoms with Crippen LogP contribution in [0.2, 0.25) is 5.02 Å². The van der Waals surface area contributed by atoms with Crippen LogP contribution in [-0.4, -0.2) is 8.42 Å². The maximum absolute atomic E-state index is 12.4. The lowest BCUT2D eigenvalue weighted by atomic mass is 10.2. The molecule has 6 heteroatoms. The minimum absolute atomic E-state index is 0.0235. The second-order valence-corrected chi connectivity index (χ2v) is 6.94. The van der Waals surface area contributed by atoms with Gasteiger partial charge in [-0.2, -0.15) is 5.26 Å². The van der Waals surface area contributed by atoms with Gasteiger partial charge in [0, 0.05) is 16.9 Å². The lowest BCUT2D eigenvalue weighted by molar-refractivity contribution is 0.603. The van der Waals surface area contributed by atoms with Crippen LogP contribution in [0.1, 0.15) is 5.56 Å². The Balaban J connectivity index is 2.30. The minimum Gasteiger partial charge on any atom is -0.360 e. The summed E-state index contributed by atoms with van der Waals surface area (Å²) in [6, 6.07) is 14.8. The summed E-state index contributed by atoms with van der Waals surface area (Å²) in [7, 11) is -3.87. The van der Waals surface area contributed by atoms with E-state index in [2.05, 4.69) is 5.32 Å². The Labute approximate surface area is 134 Å². The van der Waals surface area contributed by atoms with Crippen molar-refractivity contribution in [2.75, 3.05) is 5.32 Å². The van der Waals surface area contributed by atoms with Crippen molar-refractivity contribution in [3.63, 3.8) is 0 Å².